The van der Waals surface area contributed by atoms with Crippen LogP contribution in [0.4, 0.5) is 10.3 Å². The maximum absolute atomic E-state index is 14.5. The summed E-state index contributed by atoms with van der Waals surface area (Å²) in [6, 6.07) is 0.0325. The zero-order valence-electron chi connectivity index (χ0n) is 17.1. The van der Waals surface area contributed by atoms with Crippen LogP contribution >= 0.6 is 11.3 Å². The third-order valence-electron chi connectivity index (χ3n) is 5.56. The van der Waals surface area contributed by atoms with Crippen molar-refractivity contribution in [2.75, 3.05) is 24.7 Å². The van der Waals surface area contributed by atoms with Crippen molar-refractivity contribution in [2.24, 2.45) is 0 Å². The van der Waals surface area contributed by atoms with Crippen LogP contribution < -0.4 is 10.1 Å². The standard InChI is InChI=1S/C19H26FN5O3S2/c1-12-17(29-19(22-12)28-14-5-3-4-6-14)16-15(20)11-21-18(24-16)23-13-7-9-25(10-8-13)30(2,26)27/h11,13-14H,3-10H2,1-2H3,(H,21,23,24). The quantitative estimate of drug-likeness (QED) is 0.714. The molecule has 1 saturated carbocycles. The number of anilines is 1. The van der Waals surface area contributed by atoms with E-state index in [1.165, 1.54) is 34.7 Å². The summed E-state index contributed by atoms with van der Waals surface area (Å²) in [5.74, 6) is -0.179. The first-order valence-electron chi connectivity index (χ1n) is 10.2. The van der Waals surface area contributed by atoms with Gasteiger partial charge < -0.3 is 10.1 Å². The Balaban J connectivity index is 1.47. The summed E-state index contributed by atoms with van der Waals surface area (Å²) in [6.07, 6.45) is 8.24. The smallest absolute Gasteiger partial charge is 0.274 e. The van der Waals surface area contributed by atoms with E-state index in [0.717, 1.165) is 19.0 Å². The topological polar surface area (TPSA) is 97.3 Å². The molecule has 1 saturated heterocycles. The van der Waals surface area contributed by atoms with Crippen molar-refractivity contribution in [1.82, 2.24) is 19.3 Å². The van der Waals surface area contributed by atoms with Crippen LogP contribution in [0, 0.1) is 12.7 Å². The number of rotatable bonds is 6. The second kappa shape index (κ2) is 8.72. The van der Waals surface area contributed by atoms with Crippen LogP contribution in [0.2, 0.25) is 0 Å². The van der Waals surface area contributed by atoms with Crippen LogP contribution in [-0.2, 0) is 10.0 Å². The third-order valence-corrected chi connectivity index (χ3v) is 7.92. The largest absolute Gasteiger partial charge is 0.467 e. The summed E-state index contributed by atoms with van der Waals surface area (Å²) in [5, 5.41) is 3.77. The summed E-state index contributed by atoms with van der Waals surface area (Å²) in [4.78, 5) is 13.6. The number of piperidine rings is 1. The second-order valence-corrected chi connectivity index (χ2v) is 10.8. The molecule has 3 heterocycles. The van der Waals surface area contributed by atoms with Gasteiger partial charge in [-0.1, -0.05) is 11.3 Å². The van der Waals surface area contributed by atoms with Crippen LogP contribution in [-0.4, -0.2) is 59.2 Å². The van der Waals surface area contributed by atoms with E-state index in [1.54, 1.807) is 0 Å². The average molecular weight is 456 g/mol. The highest BCUT2D eigenvalue weighted by Crippen LogP contribution is 2.36. The van der Waals surface area contributed by atoms with Gasteiger partial charge >= 0.3 is 0 Å². The Hall–Kier alpha value is -1.85. The summed E-state index contributed by atoms with van der Waals surface area (Å²) in [7, 11) is -3.17. The number of nitrogens with one attached hydrogen (secondary N) is 1. The van der Waals surface area contributed by atoms with Crippen molar-refractivity contribution in [3.63, 3.8) is 0 Å². The average Bonchev–Trinajstić information content (AvgIpc) is 3.33. The first-order chi connectivity index (χ1) is 14.3. The number of ether oxygens (including phenoxy) is 1. The molecule has 0 spiro atoms. The summed E-state index contributed by atoms with van der Waals surface area (Å²) in [6.45, 7) is 2.71. The monoisotopic (exact) mass is 455 g/mol. The van der Waals surface area contributed by atoms with E-state index >= 15 is 0 Å². The minimum Gasteiger partial charge on any atom is -0.467 e. The lowest BCUT2D eigenvalue weighted by Gasteiger charge is -2.30. The van der Waals surface area contributed by atoms with Crippen LogP contribution in [0.25, 0.3) is 10.6 Å². The lowest BCUT2D eigenvalue weighted by molar-refractivity contribution is 0.209. The van der Waals surface area contributed by atoms with E-state index in [0.29, 0.717) is 47.6 Å². The van der Waals surface area contributed by atoms with Crippen LogP contribution in [0.15, 0.2) is 6.20 Å². The molecule has 30 heavy (non-hydrogen) atoms. The van der Waals surface area contributed by atoms with E-state index in [4.69, 9.17) is 4.74 Å². The molecule has 2 aromatic heterocycles. The molecule has 164 valence electrons. The van der Waals surface area contributed by atoms with Gasteiger partial charge in [-0.2, -0.15) is 0 Å². The van der Waals surface area contributed by atoms with Gasteiger partial charge in [0.05, 0.1) is 23.0 Å². The second-order valence-electron chi connectivity index (χ2n) is 7.89. The molecule has 0 atom stereocenters. The maximum atomic E-state index is 14.5. The first-order valence-corrected chi connectivity index (χ1v) is 12.8. The Bertz CT molecular complexity index is 1000. The SMILES string of the molecule is Cc1nc(OC2CCCC2)sc1-c1nc(NC2CCN(S(C)(=O)=O)CC2)ncc1F. The van der Waals surface area contributed by atoms with Gasteiger partial charge in [-0.15, -0.1) is 0 Å². The molecule has 8 nitrogen and oxygen atoms in total. The van der Waals surface area contributed by atoms with Gasteiger partial charge in [-0.05, 0) is 45.4 Å². The number of thiazole rings is 1. The predicted octanol–water partition coefficient (Wildman–Crippen LogP) is 3.20. The molecule has 1 aliphatic carbocycles. The molecular formula is C19H26FN5O3S2. The first kappa shape index (κ1) is 21.4. The lowest BCUT2D eigenvalue weighted by atomic mass is 10.1. The summed E-state index contributed by atoms with van der Waals surface area (Å²) >= 11 is 1.31. The summed E-state index contributed by atoms with van der Waals surface area (Å²) < 4.78 is 45.3. The van der Waals surface area contributed by atoms with Crippen molar-refractivity contribution in [3.8, 4) is 15.8 Å². The van der Waals surface area contributed by atoms with E-state index < -0.39 is 15.8 Å². The summed E-state index contributed by atoms with van der Waals surface area (Å²) in [5.41, 5.74) is 0.885. The molecule has 0 amide bonds. The molecule has 0 unspecified atom stereocenters. The molecule has 11 heteroatoms. The van der Waals surface area contributed by atoms with Crippen molar-refractivity contribution in [3.05, 3.63) is 17.7 Å². The van der Waals surface area contributed by atoms with E-state index in [1.807, 2.05) is 6.92 Å². The van der Waals surface area contributed by atoms with Gasteiger partial charge in [0.2, 0.25) is 16.0 Å². The zero-order valence-corrected chi connectivity index (χ0v) is 18.7. The predicted molar refractivity (Wildman–Crippen MR) is 114 cm³/mol. The molecular weight excluding hydrogens is 429 g/mol. The number of hydrogen-bond donors (Lipinski definition) is 1. The number of hydrogen-bond acceptors (Lipinski definition) is 8. The number of halogens is 1. The van der Waals surface area contributed by atoms with Gasteiger partial charge in [-0.3, -0.25) is 0 Å². The fourth-order valence-electron chi connectivity index (χ4n) is 3.90. The van der Waals surface area contributed by atoms with E-state index in [9.17, 15) is 12.8 Å². The van der Waals surface area contributed by atoms with Crippen LogP contribution in [0.5, 0.6) is 5.19 Å². The zero-order chi connectivity index (χ0) is 21.3. The van der Waals surface area contributed by atoms with Crippen LogP contribution in [0.1, 0.15) is 44.2 Å². The molecule has 0 radical (unpaired) electrons. The van der Waals surface area contributed by atoms with Crippen molar-refractivity contribution < 1.29 is 17.5 Å². The number of aromatic nitrogens is 3. The molecule has 1 aliphatic heterocycles. The van der Waals surface area contributed by atoms with Gasteiger partial charge in [-0.25, -0.2) is 32.1 Å². The lowest BCUT2D eigenvalue weighted by Crippen LogP contribution is -2.42. The number of sulfonamides is 1. The maximum Gasteiger partial charge on any atom is 0.274 e. The fraction of sp³-hybridized carbons (Fsp3) is 0.632. The minimum absolute atomic E-state index is 0.0325. The van der Waals surface area contributed by atoms with Crippen molar-refractivity contribution >= 4 is 27.3 Å². The van der Waals surface area contributed by atoms with E-state index in [-0.39, 0.29) is 17.8 Å². The Labute approximate surface area is 180 Å². The molecule has 0 aromatic carbocycles. The van der Waals surface area contributed by atoms with Crippen molar-refractivity contribution in [1.29, 1.82) is 0 Å². The van der Waals surface area contributed by atoms with Gasteiger partial charge in [0.1, 0.15) is 11.8 Å². The minimum atomic E-state index is -3.17. The highest BCUT2D eigenvalue weighted by Gasteiger charge is 2.26. The number of nitrogens with zero attached hydrogens (tertiary/aromatic N) is 4. The normalized spacial score (nSPS) is 19.3. The Morgan fingerprint density at radius 1 is 1.20 bits per heavy atom. The third kappa shape index (κ3) is 4.89. The molecule has 2 aromatic rings. The Kier molecular flexibility index (Phi) is 6.21. The van der Waals surface area contributed by atoms with Gasteiger partial charge in [0.15, 0.2) is 5.82 Å². The number of aryl methyl sites for hydroxylation is 1. The fourth-order valence-corrected chi connectivity index (χ4v) is 5.75. The highest BCUT2D eigenvalue weighted by molar-refractivity contribution is 7.88. The Morgan fingerprint density at radius 3 is 2.57 bits per heavy atom. The molecule has 0 bridgehead atoms. The van der Waals surface area contributed by atoms with Crippen molar-refractivity contribution in [2.45, 2.75) is 57.6 Å². The van der Waals surface area contributed by atoms with Gasteiger partial charge in [0.25, 0.3) is 5.19 Å². The van der Waals surface area contributed by atoms with Crippen LogP contribution in [0.3, 0.4) is 0 Å². The van der Waals surface area contributed by atoms with E-state index in [2.05, 4.69) is 20.3 Å². The molecule has 2 fully saturated rings. The molecule has 2 aliphatic rings. The van der Waals surface area contributed by atoms with Gasteiger partial charge in [0, 0.05) is 19.1 Å². The Morgan fingerprint density at radius 2 is 1.90 bits per heavy atom. The molecule has 4 rings (SSSR count). The molecule has 1 N–H and O–H groups in total. The highest BCUT2D eigenvalue weighted by atomic mass is 32.2.